The number of aldehydes is 1. The molecule has 0 unspecified atom stereocenters. The van der Waals surface area contributed by atoms with Gasteiger partial charge >= 0.3 is 0 Å². The second kappa shape index (κ2) is 13.9. The van der Waals surface area contributed by atoms with Crippen molar-refractivity contribution in [3.8, 4) is 0 Å². The first kappa shape index (κ1) is 34.5. The van der Waals surface area contributed by atoms with Crippen molar-refractivity contribution in [2.75, 3.05) is 0 Å². The molecule has 0 saturated carbocycles. The van der Waals surface area contributed by atoms with Crippen molar-refractivity contribution in [2.24, 2.45) is 23.7 Å². The largest absolute Gasteiger partial charge is 0.413 e. The highest BCUT2D eigenvalue weighted by Gasteiger charge is 2.42. The molecule has 0 fully saturated rings. The van der Waals surface area contributed by atoms with Crippen LogP contribution in [-0.2, 0) is 13.6 Å². The average molecular weight is 625 g/mol. The molecule has 3 nitrogen and oxygen atoms in total. The third kappa shape index (κ3) is 10.9. The quantitative estimate of drug-likeness (QED) is 0.110. The Kier molecular flexibility index (Phi) is 14.1. The molecule has 6 atom stereocenters. The van der Waals surface area contributed by atoms with Crippen molar-refractivity contribution < 1.29 is 13.6 Å². The summed E-state index contributed by atoms with van der Waals surface area (Å²) in [6, 6.07) is 0. The van der Waals surface area contributed by atoms with Crippen molar-refractivity contribution >= 4 is 45.5 Å². The predicted octanol–water partition coefficient (Wildman–Crippen LogP) is 9.63. The molecular formula is C28H57IO3Si2. The van der Waals surface area contributed by atoms with E-state index in [1.807, 2.05) is 6.92 Å². The third-order valence-corrected chi connectivity index (χ3v) is 17.9. The minimum Gasteiger partial charge on any atom is -0.413 e. The first-order chi connectivity index (χ1) is 15.2. The van der Waals surface area contributed by atoms with Gasteiger partial charge in [0.1, 0.15) is 6.29 Å². The van der Waals surface area contributed by atoms with E-state index < -0.39 is 16.6 Å². The van der Waals surface area contributed by atoms with Crippen molar-refractivity contribution in [2.45, 2.75) is 137 Å². The Morgan fingerprint density at radius 3 is 1.68 bits per heavy atom. The first-order valence-corrected chi connectivity index (χ1v) is 20.3. The SMILES string of the molecule is C[C@@H](CC[C@@H](O[Si](C)(C)C(C)(C)C)[C@H](C)C=O)C[C@H](C)[C@@H](O[Si](C)(C)C(C)(C)C)[C@@H](C)/C=C\I. The molecule has 0 radical (unpaired) electrons. The van der Waals surface area contributed by atoms with Crippen LogP contribution in [0.1, 0.15) is 88.5 Å². The highest BCUT2D eigenvalue weighted by molar-refractivity contribution is 14.1. The molecule has 0 aromatic rings. The summed E-state index contributed by atoms with van der Waals surface area (Å²) in [6.45, 7) is 32.1. The fourth-order valence-corrected chi connectivity index (χ4v) is 7.47. The molecule has 0 spiro atoms. The lowest BCUT2D eigenvalue weighted by Crippen LogP contribution is -2.47. The lowest BCUT2D eigenvalue weighted by atomic mass is 9.84. The van der Waals surface area contributed by atoms with Crippen LogP contribution in [0.5, 0.6) is 0 Å². The maximum Gasteiger partial charge on any atom is 0.192 e. The molecular weight excluding hydrogens is 567 g/mol. The van der Waals surface area contributed by atoms with Gasteiger partial charge in [-0.15, -0.1) is 0 Å². The van der Waals surface area contributed by atoms with Crippen molar-refractivity contribution in [1.82, 2.24) is 0 Å². The summed E-state index contributed by atoms with van der Waals surface area (Å²) >= 11 is 2.32. The lowest BCUT2D eigenvalue weighted by Gasteiger charge is -2.43. The Bertz CT molecular complexity index is 635. The van der Waals surface area contributed by atoms with E-state index in [2.05, 4.69) is 121 Å². The number of carbonyl (C=O) groups excluding carboxylic acids is 1. The van der Waals surface area contributed by atoms with Gasteiger partial charge in [-0.05, 0) is 77.4 Å². The molecule has 6 heteroatoms. The molecule has 0 aromatic heterocycles. The Morgan fingerprint density at radius 1 is 0.794 bits per heavy atom. The number of carbonyl (C=O) groups is 1. The van der Waals surface area contributed by atoms with E-state index in [1.165, 1.54) is 0 Å². The van der Waals surface area contributed by atoms with E-state index >= 15 is 0 Å². The van der Waals surface area contributed by atoms with E-state index in [-0.39, 0.29) is 28.2 Å². The normalized spacial score (nSPS) is 19.5. The number of rotatable bonds is 14. The number of halogens is 1. The smallest absolute Gasteiger partial charge is 0.192 e. The van der Waals surface area contributed by atoms with Gasteiger partial charge in [-0.1, -0.05) is 97.9 Å². The summed E-state index contributed by atoms with van der Waals surface area (Å²) < 4.78 is 15.8. The van der Waals surface area contributed by atoms with Crippen LogP contribution in [0.15, 0.2) is 10.2 Å². The molecule has 34 heavy (non-hydrogen) atoms. The molecule has 202 valence electrons. The van der Waals surface area contributed by atoms with Crippen LogP contribution in [0.2, 0.25) is 36.3 Å². The van der Waals surface area contributed by atoms with Crippen LogP contribution in [0.3, 0.4) is 0 Å². The third-order valence-electron chi connectivity index (χ3n) is 8.46. The second-order valence-electron chi connectivity index (χ2n) is 13.8. The fraction of sp³-hybridized carbons (Fsp3) is 0.893. The molecule has 0 rings (SSSR count). The summed E-state index contributed by atoms with van der Waals surface area (Å²) in [5, 5.41) is 0.341. The molecule has 0 amide bonds. The molecule has 0 N–H and O–H groups in total. The number of hydrogen-bond donors (Lipinski definition) is 0. The van der Waals surface area contributed by atoms with Gasteiger partial charge in [0.15, 0.2) is 16.6 Å². The second-order valence-corrected chi connectivity index (χ2v) is 24.1. The van der Waals surface area contributed by atoms with E-state index in [0.717, 1.165) is 25.5 Å². The summed E-state index contributed by atoms with van der Waals surface area (Å²) in [5.74, 6) is 1.34. The number of hydrogen-bond acceptors (Lipinski definition) is 3. The first-order valence-electron chi connectivity index (χ1n) is 13.3. The van der Waals surface area contributed by atoms with Gasteiger partial charge in [-0.25, -0.2) is 0 Å². The maximum atomic E-state index is 11.7. The van der Waals surface area contributed by atoms with Crippen molar-refractivity contribution in [3.63, 3.8) is 0 Å². The van der Waals surface area contributed by atoms with Crippen LogP contribution >= 0.6 is 22.6 Å². The molecule has 0 aromatic carbocycles. The summed E-state index contributed by atoms with van der Waals surface area (Å²) in [6.07, 6.45) is 6.74. The minimum atomic E-state index is -1.92. The van der Waals surface area contributed by atoms with Crippen molar-refractivity contribution in [1.29, 1.82) is 0 Å². The van der Waals surface area contributed by atoms with E-state index in [9.17, 15) is 4.79 Å². The molecule has 0 aliphatic carbocycles. The van der Waals surface area contributed by atoms with Crippen molar-refractivity contribution in [3.05, 3.63) is 10.2 Å². The lowest BCUT2D eigenvalue weighted by molar-refractivity contribution is -0.113. The Labute approximate surface area is 229 Å². The summed E-state index contributed by atoms with van der Waals surface area (Å²) in [7, 11) is -3.79. The topological polar surface area (TPSA) is 35.5 Å². The zero-order valence-electron chi connectivity index (χ0n) is 24.9. The fourth-order valence-electron chi connectivity index (χ4n) is 3.89. The molecule has 0 aliphatic heterocycles. The highest BCUT2D eigenvalue weighted by atomic mass is 127. The zero-order valence-corrected chi connectivity index (χ0v) is 29.1. The van der Waals surface area contributed by atoms with E-state index in [0.29, 0.717) is 17.8 Å². The Balaban J connectivity index is 5.39. The summed E-state index contributed by atoms with van der Waals surface area (Å²) in [4.78, 5) is 11.7. The summed E-state index contributed by atoms with van der Waals surface area (Å²) in [5.41, 5.74) is 0. The van der Waals surface area contributed by atoms with Gasteiger partial charge in [-0.2, -0.15) is 0 Å². The zero-order chi connectivity index (χ0) is 27.1. The maximum absolute atomic E-state index is 11.7. The molecule has 0 saturated heterocycles. The van der Waals surface area contributed by atoms with Gasteiger partial charge in [-0.3, -0.25) is 0 Å². The average Bonchev–Trinajstić information content (AvgIpc) is 2.66. The monoisotopic (exact) mass is 624 g/mol. The van der Waals surface area contributed by atoms with Gasteiger partial charge < -0.3 is 13.6 Å². The van der Waals surface area contributed by atoms with Gasteiger partial charge in [0.2, 0.25) is 0 Å². The minimum absolute atomic E-state index is 0.0105. The van der Waals surface area contributed by atoms with Crippen LogP contribution in [0, 0.1) is 23.7 Å². The molecule has 0 bridgehead atoms. The van der Waals surface area contributed by atoms with E-state index in [4.69, 9.17) is 8.85 Å². The van der Waals surface area contributed by atoms with Crippen LogP contribution in [0.25, 0.3) is 0 Å². The van der Waals surface area contributed by atoms with Gasteiger partial charge in [0.05, 0.1) is 12.2 Å². The highest BCUT2D eigenvalue weighted by Crippen LogP contribution is 2.41. The van der Waals surface area contributed by atoms with Crippen LogP contribution in [-0.4, -0.2) is 35.1 Å². The van der Waals surface area contributed by atoms with E-state index in [1.54, 1.807) is 0 Å². The Hall–Kier alpha value is 0.494. The predicted molar refractivity (Wildman–Crippen MR) is 164 cm³/mol. The standard InChI is InChI=1S/C28H57IO3Si2/c1-21(15-16-25(24(4)20-30)31-33(11,12)27(5,6)7)19-23(3)26(22(2)17-18-29)32-34(13,14)28(8,9)10/h17-18,20-26H,15-16,19H2,1-14H3/b18-17-/t21-,22-,23-,24+,25+,26-/m0/s1. The van der Waals surface area contributed by atoms with Gasteiger partial charge in [0.25, 0.3) is 0 Å². The van der Waals surface area contributed by atoms with Gasteiger partial charge in [0, 0.05) is 5.92 Å². The molecule has 0 aliphatic rings. The molecule has 0 heterocycles. The van der Waals surface area contributed by atoms with Crippen LogP contribution in [0.4, 0.5) is 0 Å². The van der Waals surface area contributed by atoms with Crippen LogP contribution < -0.4 is 0 Å². The Morgan fingerprint density at radius 2 is 1.26 bits per heavy atom.